The maximum atomic E-state index is 12.9. The first-order chi connectivity index (χ1) is 11.7. The predicted molar refractivity (Wildman–Crippen MR) is 96.7 cm³/mol. The Morgan fingerprint density at radius 3 is 2.67 bits per heavy atom. The van der Waals surface area contributed by atoms with Crippen molar-refractivity contribution in [3.8, 4) is 0 Å². The van der Waals surface area contributed by atoms with Gasteiger partial charge in [-0.3, -0.25) is 4.79 Å². The molecule has 2 aliphatic rings. The van der Waals surface area contributed by atoms with Gasteiger partial charge in [-0.15, -0.1) is 0 Å². The van der Waals surface area contributed by atoms with Crippen LogP contribution in [0.2, 0.25) is 5.02 Å². The molecule has 1 aromatic carbocycles. The van der Waals surface area contributed by atoms with Gasteiger partial charge >= 0.3 is 0 Å². The molecule has 4 rings (SSSR count). The summed E-state index contributed by atoms with van der Waals surface area (Å²) in [5, 5.41) is 0.677. The summed E-state index contributed by atoms with van der Waals surface area (Å²) in [6.45, 7) is 2.45. The van der Waals surface area contributed by atoms with Gasteiger partial charge in [-0.25, -0.2) is 4.98 Å². The van der Waals surface area contributed by atoms with Gasteiger partial charge in [-0.05, 0) is 43.0 Å². The molecule has 124 valence electrons. The van der Waals surface area contributed by atoms with Crippen molar-refractivity contribution in [3.63, 3.8) is 0 Å². The van der Waals surface area contributed by atoms with Gasteiger partial charge in [0.1, 0.15) is 5.82 Å². The molecule has 0 spiro atoms. The zero-order valence-electron chi connectivity index (χ0n) is 13.5. The lowest BCUT2D eigenvalue weighted by atomic mass is 9.95. The summed E-state index contributed by atoms with van der Waals surface area (Å²) >= 11 is 6.24. The second-order valence-corrected chi connectivity index (χ2v) is 6.85. The third-order valence-electron chi connectivity index (χ3n) is 5.04. The van der Waals surface area contributed by atoms with E-state index in [0.717, 1.165) is 50.4 Å². The maximum Gasteiger partial charge on any atom is 0.230 e. The first kappa shape index (κ1) is 15.5. The summed E-state index contributed by atoms with van der Waals surface area (Å²) in [6.07, 6.45) is 4.43. The lowest BCUT2D eigenvalue weighted by molar-refractivity contribution is -0.122. The fraction of sp³-hybridized carbons (Fsp3) is 0.368. The molecule has 4 nitrogen and oxygen atoms in total. The van der Waals surface area contributed by atoms with Crippen molar-refractivity contribution >= 4 is 29.0 Å². The van der Waals surface area contributed by atoms with Crippen molar-refractivity contribution in [2.24, 2.45) is 5.92 Å². The highest BCUT2D eigenvalue weighted by Crippen LogP contribution is 2.32. The van der Waals surface area contributed by atoms with Gasteiger partial charge in [0.05, 0.1) is 5.02 Å². The Kier molecular flexibility index (Phi) is 4.15. The third-order valence-corrected chi connectivity index (χ3v) is 5.33. The molecule has 0 N–H and O–H groups in total. The van der Waals surface area contributed by atoms with Crippen LogP contribution in [0.25, 0.3) is 0 Å². The van der Waals surface area contributed by atoms with Gasteiger partial charge in [0.15, 0.2) is 0 Å². The average molecular weight is 342 g/mol. The predicted octanol–water partition coefficient (Wildman–Crippen LogP) is 3.54. The van der Waals surface area contributed by atoms with Crippen LogP contribution >= 0.6 is 11.6 Å². The summed E-state index contributed by atoms with van der Waals surface area (Å²) in [7, 11) is 0. The number of hydrogen-bond acceptors (Lipinski definition) is 3. The molecule has 24 heavy (non-hydrogen) atoms. The van der Waals surface area contributed by atoms with E-state index in [0.29, 0.717) is 5.02 Å². The molecule has 0 atom stereocenters. The maximum absolute atomic E-state index is 12.9. The number of carbonyl (C=O) groups excluding carboxylic acids is 1. The Hall–Kier alpha value is -2.07. The molecular weight excluding hydrogens is 322 g/mol. The highest BCUT2D eigenvalue weighted by molar-refractivity contribution is 6.32. The quantitative estimate of drug-likeness (QED) is 0.838. The van der Waals surface area contributed by atoms with Crippen LogP contribution in [0.4, 0.5) is 11.5 Å². The van der Waals surface area contributed by atoms with Crippen molar-refractivity contribution < 1.29 is 4.79 Å². The molecule has 0 unspecified atom stereocenters. The Morgan fingerprint density at radius 1 is 1.08 bits per heavy atom. The van der Waals surface area contributed by atoms with E-state index >= 15 is 0 Å². The zero-order valence-corrected chi connectivity index (χ0v) is 14.2. The minimum atomic E-state index is 0.0925. The van der Waals surface area contributed by atoms with E-state index in [1.165, 1.54) is 5.56 Å². The number of rotatable bonds is 2. The summed E-state index contributed by atoms with van der Waals surface area (Å²) in [4.78, 5) is 21.5. The summed E-state index contributed by atoms with van der Waals surface area (Å²) < 4.78 is 0. The minimum Gasteiger partial charge on any atom is -0.355 e. The molecule has 2 aliphatic heterocycles. The monoisotopic (exact) mass is 341 g/mol. The molecule has 5 heteroatoms. The molecule has 1 amide bonds. The van der Waals surface area contributed by atoms with Crippen molar-refractivity contribution in [2.75, 3.05) is 29.4 Å². The number of amides is 1. The Labute approximate surface area is 147 Å². The summed E-state index contributed by atoms with van der Waals surface area (Å²) in [5.74, 6) is 1.19. The average Bonchev–Trinajstić information content (AvgIpc) is 3.06. The Morgan fingerprint density at radius 2 is 1.88 bits per heavy atom. The number of piperidine rings is 1. The highest BCUT2D eigenvalue weighted by atomic mass is 35.5. The number of halogens is 1. The zero-order chi connectivity index (χ0) is 16.5. The molecule has 1 saturated heterocycles. The number of para-hydroxylation sites is 1. The van der Waals surface area contributed by atoms with Gasteiger partial charge in [-0.2, -0.15) is 0 Å². The third kappa shape index (κ3) is 2.75. The highest BCUT2D eigenvalue weighted by Gasteiger charge is 2.32. The largest absolute Gasteiger partial charge is 0.355 e. The van der Waals surface area contributed by atoms with Crippen LogP contribution in [-0.2, 0) is 11.2 Å². The first-order valence-electron chi connectivity index (χ1n) is 8.49. The lowest BCUT2D eigenvalue weighted by Gasteiger charge is -2.34. The summed E-state index contributed by atoms with van der Waals surface area (Å²) in [5.41, 5.74) is 2.38. The fourth-order valence-corrected chi connectivity index (χ4v) is 3.98. The van der Waals surface area contributed by atoms with Crippen LogP contribution in [-0.4, -0.2) is 30.5 Å². The van der Waals surface area contributed by atoms with Crippen LogP contribution < -0.4 is 9.80 Å². The van der Waals surface area contributed by atoms with Crippen molar-refractivity contribution in [2.45, 2.75) is 19.3 Å². The number of benzene rings is 1. The standard InChI is InChI=1S/C19H20ClN3O/c20-16-5-3-10-21-18(16)22-11-7-15(8-12-22)19(24)23-13-9-14-4-1-2-6-17(14)23/h1-6,10,15H,7-9,11-13H2. The second kappa shape index (κ2) is 6.44. The number of nitrogens with zero attached hydrogens (tertiary/aromatic N) is 3. The van der Waals surface area contributed by atoms with E-state index in [1.807, 2.05) is 29.2 Å². The van der Waals surface area contributed by atoms with Gasteiger partial charge in [-0.1, -0.05) is 29.8 Å². The van der Waals surface area contributed by atoms with Gasteiger partial charge in [0.2, 0.25) is 5.91 Å². The van der Waals surface area contributed by atoms with Crippen LogP contribution in [0.15, 0.2) is 42.6 Å². The topological polar surface area (TPSA) is 36.4 Å². The van der Waals surface area contributed by atoms with E-state index in [4.69, 9.17) is 11.6 Å². The number of pyridine rings is 1. The van der Waals surface area contributed by atoms with Crippen molar-refractivity contribution in [1.82, 2.24) is 4.98 Å². The van der Waals surface area contributed by atoms with Crippen molar-refractivity contribution in [3.05, 3.63) is 53.2 Å². The summed E-state index contributed by atoms with van der Waals surface area (Å²) in [6, 6.07) is 11.9. The Balaban J connectivity index is 1.43. The minimum absolute atomic E-state index is 0.0925. The number of aromatic nitrogens is 1. The van der Waals surface area contributed by atoms with Crippen LogP contribution in [0, 0.1) is 5.92 Å². The van der Waals surface area contributed by atoms with Crippen LogP contribution in [0.5, 0.6) is 0 Å². The van der Waals surface area contributed by atoms with Crippen LogP contribution in [0.1, 0.15) is 18.4 Å². The molecule has 1 fully saturated rings. The molecule has 1 aromatic heterocycles. The molecule has 0 radical (unpaired) electrons. The molecule has 3 heterocycles. The van der Waals surface area contributed by atoms with E-state index < -0.39 is 0 Å². The second-order valence-electron chi connectivity index (χ2n) is 6.44. The van der Waals surface area contributed by atoms with E-state index in [9.17, 15) is 4.79 Å². The molecule has 0 aliphatic carbocycles. The molecule has 0 bridgehead atoms. The molecule has 2 aromatic rings. The van der Waals surface area contributed by atoms with E-state index in [2.05, 4.69) is 22.0 Å². The lowest BCUT2D eigenvalue weighted by Crippen LogP contribution is -2.42. The van der Waals surface area contributed by atoms with Gasteiger partial charge < -0.3 is 9.80 Å². The van der Waals surface area contributed by atoms with E-state index in [-0.39, 0.29) is 11.8 Å². The number of carbonyl (C=O) groups is 1. The fourth-order valence-electron chi connectivity index (χ4n) is 3.74. The van der Waals surface area contributed by atoms with Gasteiger partial charge in [0.25, 0.3) is 0 Å². The van der Waals surface area contributed by atoms with Crippen molar-refractivity contribution in [1.29, 1.82) is 0 Å². The molecular formula is C19H20ClN3O. The normalized spacial score (nSPS) is 17.9. The first-order valence-corrected chi connectivity index (χ1v) is 8.86. The van der Waals surface area contributed by atoms with Gasteiger partial charge in [0, 0.05) is 37.4 Å². The Bertz CT molecular complexity index is 756. The number of hydrogen-bond donors (Lipinski definition) is 0. The van der Waals surface area contributed by atoms with E-state index in [1.54, 1.807) is 6.20 Å². The smallest absolute Gasteiger partial charge is 0.230 e. The SMILES string of the molecule is O=C(C1CCN(c2ncccc2Cl)CC1)N1CCc2ccccc21. The number of fused-ring (bicyclic) bond motifs is 1. The molecule has 0 saturated carbocycles. The number of anilines is 2. The van der Waals surface area contributed by atoms with Crippen LogP contribution in [0.3, 0.4) is 0 Å².